The van der Waals surface area contributed by atoms with Crippen molar-refractivity contribution >= 4 is 53.4 Å². The summed E-state index contributed by atoms with van der Waals surface area (Å²) in [4.78, 5) is 101. The standard InChI is InChI=1S/C20H20N2O10.C11H13NO3.C9H11NO3.C6H6O3.C2H2/c23-11-3-1-10(2-4-11)7-15(20(30)31)22-18(27)14(5-6-16(24)25)21-17(26)12-8-32-9-13(12)19(28)29;12-9(6-7-10(13)14)11(15)8-4-2-1-3-5-8;10-8(9(12)13)5-6-1-3-7(11)4-2-6;1-4-5(6(7)8)2-3-9-4;1-2/h1-4,8-9,14-15,23H,5-7H2,(H,21,26)(H,22,27)(H,24,25)(H,28,29)(H,30,31);1-5,9H,6-7,12H2,(H,13,14);1-4,8,11H,5,10H2,(H,12,13);2-3H,1H3,(H,7,8);1-2H/i;;;;1D. The van der Waals surface area contributed by atoms with Gasteiger partial charge in [0.25, 0.3) is 5.91 Å². The van der Waals surface area contributed by atoms with Gasteiger partial charge < -0.3 is 71.8 Å². The molecule has 71 heavy (non-hydrogen) atoms. The highest BCUT2D eigenvalue weighted by Gasteiger charge is 2.29. The maximum absolute atomic E-state index is 12.7. The van der Waals surface area contributed by atoms with Crippen molar-refractivity contribution < 1.29 is 94.2 Å². The molecule has 23 nitrogen and oxygen atoms in total. The smallest absolute Gasteiger partial charge is 0.339 e. The molecule has 3 aromatic carbocycles. The van der Waals surface area contributed by atoms with E-state index in [1.807, 2.05) is 0 Å². The van der Waals surface area contributed by atoms with Gasteiger partial charge in [0, 0.05) is 24.8 Å². The molecule has 0 saturated heterocycles. The summed E-state index contributed by atoms with van der Waals surface area (Å²) in [7, 11) is 0. The van der Waals surface area contributed by atoms with Gasteiger partial charge in [0.2, 0.25) is 5.91 Å². The average molecular weight is 990 g/mol. The molecule has 4 atom stereocenters. The Labute approximate surface area is 405 Å². The van der Waals surface area contributed by atoms with Crippen LogP contribution >= 0.6 is 0 Å². The number of phenols is 2. The van der Waals surface area contributed by atoms with Crippen LogP contribution in [0, 0.1) is 19.7 Å². The molecule has 4 unspecified atom stereocenters. The summed E-state index contributed by atoms with van der Waals surface area (Å²) < 4.78 is 15.2. The van der Waals surface area contributed by atoms with Crippen LogP contribution in [0.25, 0.3) is 0 Å². The number of hydrogen-bond donors (Lipinski definition) is 12. The molecule has 0 saturated carbocycles. The van der Waals surface area contributed by atoms with Crippen molar-refractivity contribution in [2.24, 2.45) is 11.5 Å². The number of benzene rings is 3. The zero-order valence-corrected chi connectivity index (χ0v) is 37.7. The summed E-state index contributed by atoms with van der Waals surface area (Å²) in [5.41, 5.74) is 12.1. The second-order valence-electron chi connectivity index (χ2n) is 14.5. The van der Waals surface area contributed by atoms with Crippen molar-refractivity contribution in [2.45, 2.75) is 69.6 Å². The SMILES string of the molecule is Cc1occc1C(=O)O.NC(CCC(=O)O)C(=O)c1ccccc1.NC(Cc1ccc(O)cc1)C(=O)O.O=C(O)CCC(NC(=O)c1cocc1C(=O)O)C(=O)NC(Cc1ccc(O)cc1)C(=O)O.[2H]C#C. The first-order valence-electron chi connectivity index (χ1n) is 21.0. The number of furan rings is 2. The van der Waals surface area contributed by atoms with Crippen molar-refractivity contribution in [3.8, 4) is 24.3 Å². The molecule has 2 aromatic heterocycles. The van der Waals surface area contributed by atoms with Crippen LogP contribution in [0.2, 0.25) is 0 Å². The molecule has 2 amide bonds. The number of hydrogen-bond acceptors (Lipinski definition) is 15. The van der Waals surface area contributed by atoms with Gasteiger partial charge in [0.15, 0.2) is 5.78 Å². The van der Waals surface area contributed by atoms with Crippen molar-refractivity contribution in [3.63, 3.8) is 0 Å². The highest BCUT2D eigenvalue weighted by atomic mass is 16.4. The molecule has 0 spiro atoms. The highest BCUT2D eigenvalue weighted by molar-refractivity contribution is 6.06. The number of Topliss-reactive ketones (excluding diaryl/α,β-unsaturated/α-hetero) is 1. The minimum absolute atomic E-state index is 0.0268. The van der Waals surface area contributed by atoms with Gasteiger partial charge in [-0.05, 0) is 67.6 Å². The second-order valence-corrected chi connectivity index (χ2v) is 14.5. The average Bonchev–Trinajstić information content (AvgIpc) is 4.02. The molecule has 14 N–H and O–H groups in total. The predicted octanol–water partition coefficient (Wildman–Crippen LogP) is 3.40. The Balaban J connectivity index is 0.000000533. The lowest BCUT2D eigenvalue weighted by molar-refractivity contribution is -0.142. The number of aliphatic carboxylic acids is 4. The fraction of sp³-hybridized carbons (Fsp3) is 0.229. The van der Waals surface area contributed by atoms with Crippen molar-refractivity contribution in [2.75, 3.05) is 0 Å². The molecule has 0 aliphatic carbocycles. The zero-order chi connectivity index (χ0) is 54.5. The molecule has 0 fully saturated rings. The fourth-order valence-corrected chi connectivity index (χ4v) is 5.56. The van der Waals surface area contributed by atoms with Crippen molar-refractivity contribution in [3.05, 3.63) is 143 Å². The number of phenolic OH excluding ortho intramolecular Hbond substituents is 2. The number of aromatic carboxylic acids is 2. The number of aryl methyl sites for hydroxylation is 1. The number of carboxylic acids is 6. The number of carbonyl (C=O) groups excluding carboxylic acids is 3. The van der Waals surface area contributed by atoms with Crippen LogP contribution in [-0.2, 0) is 36.8 Å². The first-order valence-corrected chi connectivity index (χ1v) is 20.5. The van der Waals surface area contributed by atoms with Crippen molar-refractivity contribution in [1.29, 1.82) is 0 Å². The Kier molecular flexibility index (Phi) is 25.2. The number of carbonyl (C=O) groups is 9. The first kappa shape index (κ1) is 57.9. The van der Waals surface area contributed by atoms with E-state index in [-0.39, 0.29) is 60.5 Å². The van der Waals surface area contributed by atoms with E-state index in [4.69, 9.17) is 52.3 Å². The molecular formula is C48H52N4O19. The Morgan fingerprint density at radius 3 is 1.55 bits per heavy atom. The predicted molar refractivity (Wildman–Crippen MR) is 249 cm³/mol. The number of ketones is 1. The van der Waals surface area contributed by atoms with E-state index in [9.17, 15) is 53.4 Å². The van der Waals surface area contributed by atoms with Gasteiger partial charge in [-0.2, -0.15) is 0 Å². The summed E-state index contributed by atoms with van der Waals surface area (Å²) in [6, 6.07) is 17.5. The quantitative estimate of drug-likeness (QED) is 0.0392. The van der Waals surface area contributed by atoms with Crippen LogP contribution in [0.1, 0.15) is 85.4 Å². The van der Waals surface area contributed by atoms with Crippen LogP contribution in [0.4, 0.5) is 0 Å². The third-order valence-corrected chi connectivity index (χ3v) is 9.26. The van der Waals surface area contributed by atoms with E-state index in [0.29, 0.717) is 16.9 Å². The number of terminal acetylenes is 1. The minimum Gasteiger partial charge on any atom is -0.508 e. The number of carboxylic acid groups (broad SMARTS) is 6. The van der Waals surface area contributed by atoms with E-state index >= 15 is 0 Å². The number of rotatable bonds is 20. The molecule has 2 heterocycles. The molecule has 0 aliphatic heterocycles. The molecule has 0 bridgehead atoms. The number of nitrogens with one attached hydrogen (secondary N) is 2. The van der Waals surface area contributed by atoms with Crippen LogP contribution in [0.15, 0.2) is 113 Å². The van der Waals surface area contributed by atoms with E-state index in [0.717, 1.165) is 18.1 Å². The van der Waals surface area contributed by atoms with Gasteiger partial charge in [0.05, 0.1) is 17.9 Å². The maximum Gasteiger partial charge on any atom is 0.339 e. The minimum atomic E-state index is -1.46. The monoisotopic (exact) mass is 989 g/mol. The van der Waals surface area contributed by atoms with Gasteiger partial charge in [-0.25, -0.2) is 14.4 Å². The van der Waals surface area contributed by atoms with Crippen LogP contribution in [0.3, 0.4) is 0 Å². The molecule has 5 aromatic rings. The van der Waals surface area contributed by atoms with E-state index < -0.39 is 83.8 Å². The molecule has 5 rings (SSSR count). The lowest BCUT2D eigenvalue weighted by Gasteiger charge is -2.21. The highest BCUT2D eigenvalue weighted by Crippen LogP contribution is 2.15. The lowest BCUT2D eigenvalue weighted by atomic mass is 10.0. The fourth-order valence-electron chi connectivity index (χ4n) is 5.56. The second kappa shape index (κ2) is 30.9. The van der Waals surface area contributed by atoms with Gasteiger partial charge >= 0.3 is 35.8 Å². The summed E-state index contributed by atoms with van der Waals surface area (Å²) in [6.45, 7) is 1.61. The van der Waals surface area contributed by atoms with Gasteiger partial charge in [-0.1, -0.05) is 54.6 Å². The molecule has 378 valence electrons. The van der Waals surface area contributed by atoms with Crippen molar-refractivity contribution in [1.82, 2.24) is 10.6 Å². The summed E-state index contributed by atoms with van der Waals surface area (Å²) in [5.74, 6) is -8.59. The Morgan fingerprint density at radius 1 is 0.620 bits per heavy atom. The lowest BCUT2D eigenvalue weighted by Crippen LogP contribution is -2.52. The molecule has 23 heteroatoms. The van der Waals surface area contributed by atoms with Crippen LogP contribution < -0.4 is 22.1 Å². The first-order chi connectivity index (χ1) is 33.9. The van der Waals surface area contributed by atoms with Gasteiger partial charge in [-0.3, -0.25) is 28.8 Å². The Bertz CT molecular complexity index is 2620. The zero-order valence-electron chi connectivity index (χ0n) is 38.7. The van der Waals surface area contributed by atoms with Crippen LogP contribution in [0.5, 0.6) is 11.5 Å². The molecule has 0 aliphatic rings. The van der Waals surface area contributed by atoms with E-state index in [2.05, 4.69) is 17.1 Å². The largest absolute Gasteiger partial charge is 0.508 e. The Morgan fingerprint density at radius 2 is 1.11 bits per heavy atom. The normalized spacial score (nSPS) is 11.7. The van der Waals surface area contributed by atoms with Crippen LogP contribution in [-0.4, -0.2) is 118 Å². The van der Waals surface area contributed by atoms with E-state index in [1.54, 1.807) is 49.4 Å². The summed E-state index contributed by atoms with van der Waals surface area (Å²) >= 11 is 0. The number of amides is 2. The Hall–Kier alpha value is -9.27. The maximum atomic E-state index is 12.7. The molecular weight excluding hydrogens is 937 g/mol. The molecule has 0 radical (unpaired) electrons. The number of nitrogens with two attached hydrogens (primary N) is 2. The number of aromatic hydroxyl groups is 2. The van der Waals surface area contributed by atoms with Gasteiger partial charge in [0.1, 0.15) is 60.4 Å². The summed E-state index contributed by atoms with van der Waals surface area (Å²) in [6.07, 6.45) is 8.12. The van der Waals surface area contributed by atoms with E-state index in [1.165, 1.54) is 55.1 Å². The summed E-state index contributed by atoms with van der Waals surface area (Å²) in [5, 5.41) is 75.5. The third-order valence-electron chi connectivity index (χ3n) is 9.26. The third kappa shape index (κ3) is 22.4. The topological polar surface area (TPSA) is 418 Å². The van der Waals surface area contributed by atoms with Gasteiger partial charge in [-0.15, -0.1) is 12.8 Å².